The van der Waals surface area contributed by atoms with E-state index in [9.17, 15) is 0 Å². The second-order valence-corrected chi connectivity index (χ2v) is 4.70. The Balaban J connectivity index is 1.55. The maximum absolute atomic E-state index is 5.28. The smallest absolute Gasteiger partial charge is 0.117 e. The maximum atomic E-state index is 5.28. The molecule has 1 N–H and O–H groups in total. The van der Waals surface area contributed by atoms with Crippen LogP contribution in [0, 0.1) is 0 Å². The first-order valence-electron chi connectivity index (χ1n) is 6.24. The van der Waals surface area contributed by atoms with E-state index in [0.717, 1.165) is 24.8 Å². The maximum Gasteiger partial charge on any atom is 0.117 e. The third kappa shape index (κ3) is 2.77. The molecule has 0 saturated heterocycles. The van der Waals surface area contributed by atoms with Gasteiger partial charge in [0.1, 0.15) is 5.76 Å². The lowest BCUT2D eigenvalue weighted by Crippen LogP contribution is -2.12. The van der Waals surface area contributed by atoms with Crippen molar-refractivity contribution in [1.82, 2.24) is 5.32 Å². The average molecular weight is 227 g/mol. The van der Waals surface area contributed by atoms with Gasteiger partial charge in [0.15, 0.2) is 0 Å². The zero-order valence-corrected chi connectivity index (χ0v) is 9.86. The van der Waals surface area contributed by atoms with Crippen LogP contribution in [-0.4, -0.2) is 0 Å². The van der Waals surface area contributed by atoms with Gasteiger partial charge in [0.05, 0.1) is 12.8 Å². The topological polar surface area (TPSA) is 25.2 Å². The van der Waals surface area contributed by atoms with Crippen LogP contribution in [0.1, 0.15) is 35.6 Å². The average Bonchev–Trinajstić information content (AvgIpc) is 3.09. The SMILES string of the molecule is c1cc(CNCc2ccco2)cc(C2CC2)c1. The first-order valence-corrected chi connectivity index (χ1v) is 6.24. The van der Waals surface area contributed by atoms with Crippen LogP contribution >= 0.6 is 0 Å². The first kappa shape index (κ1) is 10.6. The minimum atomic E-state index is 0.792. The van der Waals surface area contributed by atoms with Crippen molar-refractivity contribution in [3.05, 3.63) is 59.5 Å². The summed E-state index contributed by atoms with van der Waals surface area (Å²) >= 11 is 0. The van der Waals surface area contributed by atoms with Gasteiger partial charge in [-0.2, -0.15) is 0 Å². The molecule has 0 amide bonds. The minimum absolute atomic E-state index is 0.792. The Hall–Kier alpha value is -1.54. The lowest BCUT2D eigenvalue weighted by molar-refractivity contribution is 0.483. The summed E-state index contributed by atoms with van der Waals surface area (Å²) in [5.74, 6) is 1.82. The Morgan fingerprint density at radius 1 is 1.12 bits per heavy atom. The van der Waals surface area contributed by atoms with Gasteiger partial charge in [-0.1, -0.05) is 24.3 Å². The summed E-state index contributed by atoms with van der Waals surface area (Å²) in [5, 5.41) is 3.40. The van der Waals surface area contributed by atoms with E-state index >= 15 is 0 Å². The number of benzene rings is 1. The third-order valence-corrected chi connectivity index (χ3v) is 3.21. The van der Waals surface area contributed by atoms with Crippen molar-refractivity contribution in [2.45, 2.75) is 31.8 Å². The minimum Gasteiger partial charge on any atom is -0.468 e. The van der Waals surface area contributed by atoms with Gasteiger partial charge in [-0.05, 0) is 42.0 Å². The van der Waals surface area contributed by atoms with E-state index in [1.165, 1.54) is 24.0 Å². The summed E-state index contributed by atoms with van der Waals surface area (Å²) in [6.07, 6.45) is 4.44. The molecule has 1 heterocycles. The summed E-state index contributed by atoms with van der Waals surface area (Å²) < 4.78 is 5.28. The van der Waals surface area contributed by atoms with Crippen LogP contribution in [0.5, 0.6) is 0 Å². The third-order valence-electron chi connectivity index (χ3n) is 3.21. The van der Waals surface area contributed by atoms with E-state index in [4.69, 9.17) is 4.42 Å². The number of hydrogen-bond donors (Lipinski definition) is 1. The van der Waals surface area contributed by atoms with Gasteiger partial charge in [-0.15, -0.1) is 0 Å². The molecule has 0 bridgehead atoms. The van der Waals surface area contributed by atoms with Crippen LogP contribution in [0.3, 0.4) is 0 Å². The molecule has 2 heteroatoms. The molecule has 17 heavy (non-hydrogen) atoms. The number of furan rings is 1. The van der Waals surface area contributed by atoms with Crippen LogP contribution < -0.4 is 5.32 Å². The van der Waals surface area contributed by atoms with Crippen LogP contribution in [0.2, 0.25) is 0 Å². The summed E-state index contributed by atoms with van der Waals surface area (Å²) in [5.41, 5.74) is 2.86. The first-order chi connectivity index (χ1) is 8.42. The van der Waals surface area contributed by atoms with Crippen molar-refractivity contribution >= 4 is 0 Å². The monoisotopic (exact) mass is 227 g/mol. The van der Waals surface area contributed by atoms with Gasteiger partial charge in [-0.25, -0.2) is 0 Å². The normalized spacial score (nSPS) is 15.1. The van der Waals surface area contributed by atoms with Gasteiger partial charge in [0, 0.05) is 6.54 Å². The van der Waals surface area contributed by atoms with Gasteiger partial charge in [0.25, 0.3) is 0 Å². The van der Waals surface area contributed by atoms with Crippen molar-refractivity contribution in [3.8, 4) is 0 Å². The van der Waals surface area contributed by atoms with Crippen molar-refractivity contribution in [2.75, 3.05) is 0 Å². The van der Waals surface area contributed by atoms with E-state index in [1.807, 2.05) is 12.1 Å². The molecule has 2 nitrogen and oxygen atoms in total. The molecule has 1 aromatic carbocycles. The van der Waals surface area contributed by atoms with Gasteiger partial charge < -0.3 is 9.73 Å². The van der Waals surface area contributed by atoms with Crippen molar-refractivity contribution in [1.29, 1.82) is 0 Å². The van der Waals surface area contributed by atoms with E-state index in [2.05, 4.69) is 29.6 Å². The van der Waals surface area contributed by atoms with Crippen LogP contribution in [0.25, 0.3) is 0 Å². The highest BCUT2D eigenvalue weighted by Crippen LogP contribution is 2.40. The molecule has 0 aliphatic heterocycles. The second-order valence-electron chi connectivity index (χ2n) is 4.70. The fourth-order valence-corrected chi connectivity index (χ4v) is 2.12. The highest BCUT2D eigenvalue weighted by atomic mass is 16.3. The molecule has 0 radical (unpaired) electrons. The predicted molar refractivity (Wildman–Crippen MR) is 67.7 cm³/mol. The van der Waals surface area contributed by atoms with Gasteiger partial charge >= 0.3 is 0 Å². The molecule has 1 aliphatic rings. The fraction of sp³-hybridized carbons (Fsp3) is 0.333. The number of rotatable bonds is 5. The van der Waals surface area contributed by atoms with Crippen LogP contribution in [0.4, 0.5) is 0 Å². The fourth-order valence-electron chi connectivity index (χ4n) is 2.12. The van der Waals surface area contributed by atoms with Crippen LogP contribution in [-0.2, 0) is 13.1 Å². The zero-order chi connectivity index (χ0) is 11.5. The quantitative estimate of drug-likeness (QED) is 0.846. The van der Waals surface area contributed by atoms with E-state index < -0.39 is 0 Å². The Labute approximate surface area is 102 Å². The summed E-state index contributed by atoms with van der Waals surface area (Å²) in [6, 6.07) is 12.8. The largest absolute Gasteiger partial charge is 0.468 e. The molecule has 3 rings (SSSR count). The lowest BCUT2D eigenvalue weighted by atomic mass is 10.1. The van der Waals surface area contributed by atoms with Gasteiger partial charge in [-0.3, -0.25) is 0 Å². The summed E-state index contributed by atoms with van der Waals surface area (Å²) in [7, 11) is 0. The molecule has 1 saturated carbocycles. The molecule has 2 aromatic rings. The standard InChI is InChI=1S/C15H17NO/c1-3-12(9-14(4-1)13-6-7-13)10-16-11-15-5-2-8-17-15/h1-5,8-9,13,16H,6-7,10-11H2. The van der Waals surface area contributed by atoms with E-state index in [0.29, 0.717) is 0 Å². The molecule has 1 aromatic heterocycles. The Bertz CT molecular complexity index is 471. The predicted octanol–water partition coefficient (Wildman–Crippen LogP) is 3.45. The molecule has 88 valence electrons. The van der Waals surface area contributed by atoms with Crippen molar-refractivity contribution in [2.24, 2.45) is 0 Å². The van der Waals surface area contributed by atoms with Gasteiger partial charge in [0.2, 0.25) is 0 Å². The summed E-state index contributed by atoms with van der Waals surface area (Å²) in [6.45, 7) is 1.70. The molecular formula is C15H17NO. The Kier molecular flexibility index (Phi) is 2.97. The summed E-state index contributed by atoms with van der Waals surface area (Å²) in [4.78, 5) is 0. The van der Waals surface area contributed by atoms with Crippen molar-refractivity contribution < 1.29 is 4.42 Å². The molecule has 0 spiro atoms. The molecule has 0 unspecified atom stereocenters. The molecule has 1 aliphatic carbocycles. The van der Waals surface area contributed by atoms with E-state index in [1.54, 1.807) is 6.26 Å². The number of nitrogens with one attached hydrogen (secondary N) is 1. The van der Waals surface area contributed by atoms with Crippen LogP contribution in [0.15, 0.2) is 47.1 Å². The zero-order valence-electron chi connectivity index (χ0n) is 9.86. The highest BCUT2D eigenvalue weighted by Gasteiger charge is 2.23. The molecular weight excluding hydrogens is 210 g/mol. The Morgan fingerprint density at radius 2 is 2.06 bits per heavy atom. The second kappa shape index (κ2) is 4.76. The Morgan fingerprint density at radius 3 is 2.82 bits per heavy atom. The van der Waals surface area contributed by atoms with E-state index in [-0.39, 0.29) is 0 Å². The highest BCUT2D eigenvalue weighted by molar-refractivity contribution is 5.29. The lowest BCUT2D eigenvalue weighted by Gasteiger charge is -2.05. The number of hydrogen-bond acceptors (Lipinski definition) is 2. The molecule has 1 fully saturated rings. The van der Waals surface area contributed by atoms with Crippen molar-refractivity contribution in [3.63, 3.8) is 0 Å². The molecule has 0 atom stereocenters.